The number of hydrogen-bond donors (Lipinski definition) is 1. The van der Waals surface area contributed by atoms with Crippen LogP contribution in [0.4, 0.5) is 0 Å². The highest BCUT2D eigenvalue weighted by Crippen LogP contribution is 2.13. The van der Waals surface area contributed by atoms with Crippen LogP contribution in [0.5, 0.6) is 0 Å². The lowest BCUT2D eigenvalue weighted by molar-refractivity contribution is 0.110. The van der Waals surface area contributed by atoms with Gasteiger partial charge in [0.05, 0.1) is 11.0 Å². The van der Waals surface area contributed by atoms with E-state index >= 15 is 0 Å². The molecule has 110 valence electrons. The molecule has 0 spiro atoms. The number of benzene rings is 1. The van der Waals surface area contributed by atoms with Crippen molar-refractivity contribution in [1.29, 1.82) is 0 Å². The Kier molecular flexibility index (Phi) is 5.95. The van der Waals surface area contributed by atoms with E-state index in [4.69, 9.17) is 18.0 Å². The van der Waals surface area contributed by atoms with Gasteiger partial charge >= 0.3 is 0 Å². The third kappa shape index (κ3) is 4.27. The maximum atomic E-state index is 5.89. The second-order valence-electron chi connectivity index (χ2n) is 5.50. The molecule has 1 aliphatic rings. The fourth-order valence-corrected chi connectivity index (χ4v) is 3.12. The Balaban J connectivity index is 1.84. The van der Waals surface area contributed by atoms with Gasteiger partial charge in [-0.15, -0.1) is 0 Å². The summed E-state index contributed by atoms with van der Waals surface area (Å²) in [5.41, 5.74) is 7.28. The highest BCUT2D eigenvalue weighted by Gasteiger charge is 2.24. The normalized spacial score (nSPS) is 18.9. The summed E-state index contributed by atoms with van der Waals surface area (Å²) in [7, 11) is 0. The zero-order valence-corrected chi connectivity index (χ0v) is 13.1. The summed E-state index contributed by atoms with van der Waals surface area (Å²) in [6, 6.07) is 11.0. The van der Waals surface area contributed by atoms with Gasteiger partial charge in [-0.05, 0) is 12.0 Å². The highest BCUT2D eigenvalue weighted by molar-refractivity contribution is 7.80. The van der Waals surface area contributed by atoms with Crippen LogP contribution in [0, 0.1) is 0 Å². The Bertz CT molecular complexity index is 413. The number of nitrogens with zero attached hydrogens (tertiary/aromatic N) is 2. The summed E-state index contributed by atoms with van der Waals surface area (Å²) in [5.74, 6) is 0. The lowest BCUT2D eigenvalue weighted by atomic mass is 10.1. The second kappa shape index (κ2) is 7.72. The van der Waals surface area contributed by atoms with Crippen molar-refractivity contribution in [2.24, 2.45) is 5.73 Å². The maximum Gasteiger partial charge on any atom is 0.0902 e. The van der Waals surface area contributed by atoms with Crippen LogP contribution in [0.25, 0.3) is 0 Å². The van der Waals surface area contributed by atoms with Crippen LogP contribution < -0.4 is 5.73 Å². The molecule has 2 rings (SSSR count). The minimum Gasteiger partial charge on any atom is -0.392 e. The molecule has 0 bridgehead atoms. The zero-order valence-electron chi connectivity index (χ0n) is 12.3. The average molecular weight is 291 g/mol. The first kappa shape index (κ1) is 15.4. The van der Waals surface area contributed by atoms with Crippen molar-refractivity contribution in [3.05, 3.63) is 35.9 Å². The fraction of sp³-hybridized carbons (Fsp3) is 0.562. The lowest BCUT2D eigenvalue weighted by Crippen LogP contribution is -2.53. The molecule has 3 nitrogen and oxygen atoms in total. The van der Waals surface area contributed by atoms with Crippen LogP contribution in [0.2, 0.25) is 0 Å². The quantitative estimate of drug-likeness (QED) is 0.815. The molecular weight excluding hydrogens is 266 g/mol. The van der Waals surface area contributed by atoms with Gasteiger partial charge in [0.15, 0.2) is 0 Å². The number of thiocarbonyl (C=S) groups is 1. The summed E-state index contributed by atoms with van der Waals surface area (Å²) < 4.78 is 0. The number of rotatable bonds is 6. The van der Waals surface area contributed by atoms with E-state index in [0.717, 1.165) is 45.6 Å². The van der Waals surface area contributed by atoms with Gasteiger partial charge in [0.2, 0.25) is 0 Å². The summed E-state index contributed by atoms with van der Waals surface area (Å²) in [5, 5.41) is 0. The van der Waals surface area contributed by atoms with Crippen LogP contribution in [0.3, 0.4) is 0 Å². The Morgan fingerprint density at radius 2 is 1.85 bits per heavy atom. The second-order valence-corrected chi connectivity index (χ2v) is 5.98. The van der Waals surface area contributed by atoms with Crippen LogP contribution in [-0.4, -0.2) is 47.0 Å². The molecule has 0 amide bonds. The van der Waals surface area contributed by atoms with Gasteiger partial charge < -0.3 is 5.73 Å². The number of nitrogens with two attached hydrogens (primary N) is 1. The Morgan fingerprint density at radius 1 is 1.20 bits per heavy atom. The lowest BCUT2D eigenvalue weighted by Gasteiger charge is -2.39. The third-order valence-corrected chi connectivity index (χ3v) is 4.26. The first-order valence-corrected chi connectivity index (χ1v) is 7.91. The smallest absolute Gasteiger partial charge is 0.0902 e. The van der Waals surface area contributed by atoms with Crippen molar-refractivity contribution in [2.45, 2.75) is 32.4 Å². The van der Waals surface area contributed by atoms with Gasteiger partial charge in [0.25, 0.3) is 0 Å². The molecule has 0 radical (unpaired) electrons. The molecule has 0 aromatic heterocycles. The molecule has 1 aromatic carbocycles. The van der Waals surface area contributed by atoms with Gasteiger partial charge in [0, 0.05) is 32.7 Å². The first-order valence-electron chi connectivity index (χ1n) is 7.50. The van der Waals surface area contributed by atoms with Gasteiger partial charge in [0.1, 0.15) is 0 Å². The van der Waals surface area contributed by atoms with Crippen molar-refractivity contribution in [1.82, 2.24) is 9.80 Å². The minimum atomic E-state index is 0.286. The monoisotopic (exact) mass is 291 g/mol. The molecule has 1 atom stereocenters. The van der Waals surface area contributed by atoms with Crippen molar-refractivity contribution in [2.75, 3.05) is 26.2 Å². The van der Waals surface area contributed by atoms with Crippen LogP contribution in [0.1, 0.15) is 25.3 Å². The van der Waals surface area contributed by atoms with E-state index in [1.54, 1.807) is 0 Å². The van der Waals surface area contributed by atoms with Gasteiger partial charge in [-0.1, -0.05) is 55.9 Å². The Hall–Kier alpha value is -0.970. The largest absolute Gasteiger partial charge is 0.392 e. The fourth-order valence-electron chi connectivity index (χ4n) is 2.85. The third-order valence-electron chi connectivity index (χ3n) is 3.99. The van der Waals surface area contributed by atoms with E-state index in [1.807, 2.05) is 0 Å². The predicted octanol–water partition coefficient (Wildman–Crippen LogP) is 2.26. The molecule has 1 aliphatic heterocycles. The van der Waals surface area contributed by atoms with Crippen LogP contribution >= 0.6 is 12.2 Å². The summed E-state index contributed by atoms with van der Waals surface area (Å²) >= 11 is 5.22. The van der Waals surface area contributed by atoms with Crippen molar-refractivity contribution in [3.8, 4) is 0 Å². The van der Waals surface area contributed by atoms with E-state index in [0.29, 0.717) is 4.99 Å². The topological polar surface area (TPSA) is 32.5 Å². The molecule has 20 heavy (non-hydrogen) atoms. The standard InChI is InChI=1S/C16H25N3S/c1-2-6-15(16(17)20)19-11-9-18(10-12-19)13-14-7-4-3-5-8-14/h3-5,7-8,15H,2,6,9-13H2,1H3,(H2,17,20). The summed E-state index contributed by atoms with van der Waals surface area (Å²) in [6.45, 7) is 7.55. The Labute approximate surface area is 127 Å². The Morgan fingerprint density at radius 3 is 2.40 bits per heavy atom. The van der Waals surface area contributed by atoms with Crippen molar-refractivity contribution >= 4 is 17.2 Å². The van der Waals surface area contributed by atoms with Crippen LogP contribution in [-0.2, 0) is 6.54 Å². The first-order chi connectivity index (χ1) is 9.70. The van der Waals surface area contributed by atoms with Crippen molar-refractivity contribution < 1.29 is 0 Å². The van der Waals surface area contributed by atoms with Gasteiger partial charge in [-0.3, -0.25) is 9.80 Å². The van der Waals surface area contributed by atoms with E-state index in [2.05, 4.69) is 47.1 Å². The summed E-state index contributed by atoms with van der Waals surface area (Å²) in [4.78, 5) is 5.62. The molecule has 2 N–H and O–H groups in total. The molecule has 0 saturated carbocycles. The van der Waals surface area contributed by atoms with E-state index in [1.165, 1.54) is 5.56 Å². The molecule has 1 unspecified atom stereocenters. The predicted molar refractivity (Wildman–Crippen MR) is 88.8 cm³/mol. The van der Waals surface area contributed by atoms with E-state index < -0.39 is 0 Å². The maximum absolute atomic E-state index is 5.89. The van der Waals surface area contributed by atoms with E-state index in [9.17, 15) is 0 Å². The molecular formula is C16H25N3S. The van der Waals surface area contributed by atoms with Gasteiger partial charge in [-0.2, -0.15) is 0 Å². The van der Waals surface area contributed by atoms with E-state index in [-0.39, 0.29) is 6.04 Å². The van der Waals surface area contributed by atoms with Gasteiger partial charge in [-0.25, -0.2) is 0 Å². The molecule has 0 aliphatic carbocycles. The SMILES string of the molecule is CCCC(C(N)=S)N1CCN(Cc2ccccc2)CC1. The highest BCUT2D eigenvalue weighted by atomic mass is 32.1. The molecule has 1 aromatic rings. The molecule has 1 heterocycles. The van der Waals surface area contributed by atoms with Crippen molar-refractivity contribution in [3.63, 3.8) is 0 Å². The summed E-state index contributed by atoms with van der Waals surface area (Å²) in [6.07, 6.45) is 2.21. The zero-order chi connectivity index (χ0) is 14.4. The van der Waals surface area contributed by atoms with Crippen LogP contribution in [0.15, 0.2) is 30.3 Å². The average Bonchev–Trinajstić information content (AvgIpc) is 2.47. The molecule has 1 saturated heterocycles. The molecule has 4 heteroatoms. The number of hydrogen-bond acceptors (Lipinski definition) is 3. The minimum absolute atomic E-state index is 0.286. The molecule has 1 fully saturated rings. The number of piperazine rings is 1.